The number of anilines is 2. The summed E-state index contributed by atoms with van der Waals surface area (Å²) in [7, 11) is -4.27. The maximum atomic E-state index is 11.5. The van der Waals surface area contributed by atoms with Crippen LogP contribution >= 0.6 is 10.9 Å². The number of nitrogens with zero attached hydrogens (tertiary/aromatic N) is 3. The minimum atomic E-state index is -3.32. The molecule has 3 N–H and O–H groups in total. The van der Waals surface area contributed by atoms with Gasteiger partial charge in [0.2, 0.25) is 10.0 Å². The Bertz CT molecular complexity index is 1260. The molecule has 1 saturated carbocycles. The molecule has 1 aromatic carbocycles. The molecule has 1 atom stereocenters. The maximum Gasteiger partial charge on any atom is 0.229 e. The van der Waals surface area contributed by atoms with Crippen molar-refractivity contribution < 1.29 is 8.42 Å². The average Bonchev–Trinajstić information content (AvgIpc) is 3.25. The number of thiol groups is 1. The highest BCUT2D eigenvalue weighted by molar-refractivity contribution is 8.22. The monoisotopic (exact) mass is 428 g/mol. The van der Waals surface area contributed by atoms with E-state index in [1.807, 2.05) is 41.1 Å². The van der Waals surface area contributed by atoms with Crippen molar-refractivity contribution in [2.75, 3.05) is 11.6 Å². The minimum Gasteiger partial charge on any atom is -0.325 e. The lowest BCUT2D eigenvalue weighted by molar-refractivity contribution is 0.595. The fourth-order valence-electron chi connectivity index (χ4n) is 3.19. The van der Waals surface area contributed by atoms with Crippen LogP contribution in [0.1, 0.15) is 24.5 Å². The second-order valence-corrected chi connectivity index (χ2v) is 10.7. The van der Waals surface area contributed by atoms with Crippen LogP contribution in [-0.4, -0.2) is 34.8 Å². The van der Waals surface area contributed by atoms with E-state index in [2.05, 4.69) is 20.2 Å². The van der Waals surface area contributed by atoms with E-state index >= 15 is 0 Å². The summed E-state index contributed by atoms with van der Waals surface area (Å²) in [5, 5.41) is 16.2. The fraction of sp³-hybridized carbons (Fsp3) is 0.211. The number of hydrogen-bond acceptors (Lipinski definition) is 6. The minimum absolute atomic E-state index is 0.549. The van der Waals surface area contributed by atoms with Gasteiger partial charge in [0.15, 0.2) is 5.16 Å². The number of allylic oxidation sites excluding steroid dienone is 1. The number of hydrogen-bond donors (Lipinski definition) is 4. The Labute approximate surface area is 170 Å². The van der Waals surface area contributed by atoms with Crippen molar-refractivity contribution >= 4 is 43.5 Å². The van der Waals surface area contributed by atoms with Crippen LogP contribution in [0, 0.1) is 0 Å². The Morgan fingerprint density at radius 2 is 2.03 bits per heavy atom. The molecule has 3 heterocycles. The van der Waals surface area contributed by atoms with Gasteiger partial charge in [0.05, 0.1) is 23.2 Å². The molecule has 1 aliphatic carbocycles. The highest BCUT2D eigenvalue weighted by Crippen LogP contribution is 2.43. The molecule has 150 valence electrons. The van der Waals surface area contributed by atoms with E-state index in [1.165, 1.54) is 12.8 Å². The number of sulfonamides is 1. The zero-order valence-corrected chi connectivity index (χ0v) is 17.3. The van der Waals surface area contributed by atoms with Crippen LogP contribution in [0.5, 0.6) is 0 Å². The summed E-state index contributed by atoms with van der Waals surface area (Å²) in [6.07, 6.45) is 5.28. The van der Waals surface area contributed by atoms with Crippen LogP contribution in [0.4, 0.5) is 11.6 Å². The van der Waals surface area contributed by atoms with Crippen molar-refractivity contribution in [2.45, 2.75) is 23.9 Å². The van der Waals surface area contributed by atoms with Gasteiger partial charge in [-0.25, -0.2) is 18.4 Å². The van der Waals surface area contributed by atoms with Crippen LogP contribution < -0.4 is 10.0 Å². The van der Waals surface area contributed by atoms with E-state index in [0.717, 1.165) is 28.7 Å². The normalized spacial score (nSPS) is 20.0. The third-order valence-corrected chi connectivity index (χ3v) is 6.96. The van der Waals surface area contributed by atoms with Gasteiger partial charge in [-0.3, -0.25) is 9.82 Å². The largest absolute Gasteiger partial charge is 0.325 e. The van der Waals surface area contributed by atoms with Crippen LogP contribution in [0.3, 0.4) is 0 Å². The van der Waals surface area contributed by atoms with E-state index in [-0.39, 0.29) is 0 Å². The molecule has 2 aliphatic rings. The Hall–Kier alpha value is -2.85. The second kappa shape index (κ2) is 6.89. The Morgan fingerprint density at radius 1 is 1.21 bits per heavy atom. The first kappa shape index (κ1) is 18.2. The number of benzene rings is 1. The molecular formula is C19H20N6O2S2. The summed E-state index contributed by atoms with van der Waals surface area (Å²) >= 11 is 0. The average molecular weight is 429 g/mol. The summed E-state index contributed by atoms with van der Waals surface area (Å²) in [4.78, 5) is 9.48. The number of fused-ring (bicyclic) bond motifs is 1. The number of aromatic amines is 1. The molecule has 0 saturated heterocycles. The Kier molecular flexibility index (Phi) is 4.32. The predicted octanol–water partition coefficient (Wildman–Crippen LogP) is 3.25. The van der Waals surface area contributed by atoms with Crippen LogP contribution in [0.15, 0.2) is 58.1 Å². The third-order valence-electron chi connectivity index (χ3n) is 4.66. The van der Waals surface area contributed by atoms with E-state index in [4.69, 9.17) is 9.97 Å². The van der Waals surface area contributed by atoms with Gasteiger partial charge in [0, 0.05) is 17.4 Å². The highest BCUT2D eigenvalue weighted by atomic mass is 32.2. The summed E-state index contributed by atoms with van der Waals surface area (Å²) in [6.45, 7) is 0. The first-order valence-electron chi connectivity index (χ1n) is 9.20. The number of nitrogens with one attached hydrogen (secondary N) is 3. The van der Waals surface area contributed by atoms with E-state index in [1.54, 1.807) is 6.08 Å². The topological polar surface area (TPSA) is 113 Å². The Morgan fingerprint density at radius 3 is 2.83 bits per heavy atom. The molecule has 3 aromatic rings. The molecule has 2 aromatic heterocycles. The van der Waals surface area contributed by atoms with Crippen molar-refractivity contribution in [1.29, 1.82) is 0 Å². The van der Waals surface area contributed by atoms with Crippen molar-refractivity contribution in [3.63, 3.8) is 0 Å². The lowest BCUT2D eigenvalue weighted by Gasteiger charge is -2.13. The lowest BCUT2D eigenvalue weighted by Crippen LogP contribution is -2.19. The first-order chi connectivity index (χ1) is 13.9. The first-order valence-corrected chi connectivity index (χ1v) is 12.6. The van der Waals surface area contributed by atoms with Crippen molar-refractivity contribution in [3.05, 3.63) is 58.6 Å². The molecule has 0 spiro atoms. The quantitative estimate of drug-likeness (QED) is 0.354. The summed E-state index contributed by atoms with van der Waals surface area (Å²) < 4.78 is 25.5. The maximum absolute atomic E-state index is 11.5. The molecule has 8 nitrogen and oxygen atoms in total. The third kappa shape index (κ3) is 3.99. The zero-order chi connectivity index (χ0) is 20.0. The second-order valence-electron chi connectivity index (χ2n) is 7.18. The smallest absolute Gasteiger partial charge is 0.229 e. The van der Waals surface area contributed by atoms with Crippen LogP contribution in [-0.2, 0) is 10.0 Å². The lowest BCUT2D eigenvalue weighted by atomic mass is 10.2. The molecule has 1 unspecified atom stereocenters. The molecule has 10 heteroatoms. The van der Waals surface area contributed by atoms with E-state index < -0.39 is 20.9 Å². The molecule has 29 heavy (non-hydrogen) atoms. The molecule has 0 amide bonds. The number of rotatable bonds is 6. The van der Waals surface area contributed by atoms with E-state index in [0.29, 0.717) is 22.6 Å². The molecule has 5 rings (SSSR count). The predicted molar refractivity (Wildman–Crippen MR) is 116 cm³/mol. The highest BCUT2D eigenvalue weighted by Gasteiger charge is 2.26. The van der Waals surface area contributed by atoms with Gasteiger partial charge in [-0.05, 0) is 41.9 Å². The van der Waals surface area contributed by atoms with Crippen molar-refractivity contribution in [3.8, 4) is 0 Å². The van der Waals surface area contributed by atoms with Gasteiger partial charge in [-0.15, -0.1) is 10.9 Å². The van der Waals surface area contributed by atoms with Crippen LogP contribution in [0.25, 0.3) is 10.9 Å². The molecule has 1 fully saturated rings. The SMILES string of the molecule is CS(=O)(=O)NC1=C[SH](c2nc(Nc3cc(C4CC4)n[nH]3)c3ccccc3n2)C=C1. The van der Waals surface area contributed by atoms with Gasteiger partial charge in [0.25, 0.3) is 0 Å². The summed E-state index contributed by atoms with van der Waals surface area (Å²) in [5.41, 5.74) is 2.46. The number of para-hydroxylation sites is 1. The Balaban J connectivity index is 1.49. The van der Waals surface area contributed by atoms with Gasteiger partial charge >= 0.3 is 0 Å². The number of H-pyrrole nitrogens is 1. The molecular weight excluding hydrogens is 408 g/mol. The van der Waals surface area contributed by atoms with E-state index in [9.17, 15) is 8.42 Å². The van der Waals surface area contributed by atoms with Crippen molar-refractivity contribution in [2.24, 2.45) is 0 Å². The number of aromatic nitrogens is 4. The molecule has 0 bridgehead atoms. The summed E-state index contributed by atoms with van der Waals surface area (Å²) in [6, 6.07) is 9.85. The van der Waals surface area contributed by atoms with Gasteiger partial charge in [-0.1, -0.05) is 12.1 Å². The van der Waals surface area contributed by atoms with Gasteiger partial charge in [-0.2, -0.15) is 5.10 Å². The zero-order valence-electron chi connectivity index (χ0n) is 15.6. The fourth-order valence-corrected chi connectivity index (χ4v) is 5.38. The molecule has 1 aliphatic heterocycles. The van der Waals surface area contributed by atoms with Crippen molar-refractivity contribution in [1.82, 2.24) is 24.9 Å². The van der Waals surface area contributed by atoms with Gasteiger partial charge < -0.3 is 5.32 Å². The standard InChI is InChI=1S/C19H20N6O2S2/c1-29(26,27)25-13-8-9-28(11-13)19-20-15-5-3-2-4-14(15)18(22-19)21-17-10-16(23-24-17)12-6-7-12/h2-5,8-12,25,28H,6-7H2,1H3,(H2,20,21,22,23,24). The van der Waals surface area contributed by atoms with Crippen LogP contribution in [0.2, 0.25) is 0 Å². The van der Waals surface area contributed by atoms with Gasteiger partial charge in [0.1, 0.15) is 11.6 Å². The summed E-state index contributed by atoms with van der Waals surface area (Å²) in [5.74, 6) is 2.06. The molecule has 0 radical (unpaired) electrons.